The molecular weight excluding hydrogens is 244 g/mol. The first-order valence-corrected chi connectivity index (χ1v) is 6.88. The Morgan fingerprint density at radius 2 is 2.05 bits per heavy atom. The van der Waals surface area contributed by atoms with E-state index in [0.29, 0.717) is 5.69 Å². The van der Waals surface area contributed by atoms with Crippen molar-refractivity contribution in [2.45, 2.75) is 19.3 Å². The maximum atomic E-state index is 12.0. The second kappa shape index (κ2) is 7.20. The molecule has 0 bridgehead atoms. The summed E-state index contributed by atoms with van der Waals surface area (Å²) in [7, 11) is 0. The Labute approximate surface area is 113 Å². The van der Waals surface area contributed by atoms with E-state index < -0.39 is 0 Å². The lowest BCUT2D eigenvalue weighted by Gasteiger charge is -2.34. The van der Waals surface area contributed by atoms with Gasteiger partial charge in [-0.2, -0.15) is 15.4 Å². The number of nitrogens with one attached hydrogen (secondary N) is 1. The number of amides is 1. The van der Waals surface area contributed by atoms with Crippen LogP contribution < -0.4 is 5.73 Å². The number of aromatic amines is 1. The van der Waals surface area contributed by atoms with Gasteiger partial charge in [-0.15, -0.1) is 0 Å². The minimum atomic E-state index is -0.0310. The predicted octanol–water partition coefficient (Wildman–Crippen LogP) is -0.308. The smallest absolute Gasteiger partial charge is 0.276 e. The molecule has 1 aromatic rings. The van der Waals surface area contributed by atoms with Crippen molar-refractivity contribution in [1.82, 2.24) is 25.2 Å². The third-order valence-corrected chi connectivity index (χ3v) is 3.47. The van der Waals surface area contributed by atoms with E-state index in [4.69, 9.17) is 5.73 Å². The standard InChI is InChI=1S/C12H22N6O/c13-4-2-1-3-5-17-6-8-18(9-7-17)12(19)11-10-14-16-15-11/h10H,1-9,13H2,(H,14,15,16). The lowest BCUT2D eigenvalue weighted by Crippen LogP contribution is -2.48. The zero-order valence-electron chi connectivity index (χ0n) is 11.2. The number of nitrogens with zero attached hydrogens (tertiary/aromatic N) is 4. The molecule has 1 fully saturated rings. The molecule has 7 heteroatoms. The molecule has 3 N–H and O–H groups in total. The van der Waals surface area contributed by atoms with E-state index in [1.807, 2.05) is 4.90 Å². The first-order valence-electron chi connectivity index (χ1n) is 6.88. The van der Waals surface area contributed by atoms with E-state index in [-0.39, 0.29) is 5.91 Å². The van der Waals surface area contributed by atoms with Crippen LogP contribution in [0.5, 0.6) is 0 Å². The van der Waals surface area contributed by atoms with Crippen LogP contribution in [0.25, 0.3) is 0 Å². The first kappa shape index (κ1) is 14.0. The molecule has 1 aliphatic heterocycles. The molecule has 106 valence electrons. The van der Waals surface area contributed by atoms with Crippen molar-refractivity contribution in [3.63, 3.8) is 0 Å². The van der Waals surface area contributed by atoms with Crippen LogP contribution in [-0.4, -0.2) is 70.4 Å². The van der Waals surface area contributed by atoms with Crippen LogP contribution in [0.2, 0.25) is 0 Å². The molecule has 1 amide bonds. The van der Waals surface area contributed by atoms with Crippen LogP contribution in [0.3, 0.4) is 0 Å². The number of carbonyl (C=O) groups excluding carboxylic acids is 1. The molecule has 0 saturated carbocycles. The Kier molecular flexibility index (Phi) is 5.29. The van der Waals surface area contributed by atoms with Gasteiger partial charge in [-0.25, -0.2) is 0 Å². The second-order valence-corrected chi connectivity index (χ2v) is 4.84. The molecule has 7 nitrogen and oxygen atoms in total. The van der Waals surface area contributed by atoms with Crippen molar-refractivity contribution in [1.29, 1.82) is 0 Å². The summed E-state index contributed by atoms with van der Waals surface area (Å²) in [6.07, 6.45) is 4.95. The fourth-order valence-electron chi connectivity index (χ4n) is 2.30. The number of nitrogens with two attached hydrogens (primary N) is 1. The van der Waals surface area contributed by atoms with Crippen molar-refractivity contribution in [2.75, 3.05) is 39.3 Å². The number of piperazine rings is 1. The van der Waals surface area contributed by atoms with Crippen LogP contribution in [0, 0.1) is 0 Å². The molecule has 1 saturated heterocycles. The molecule has 0 aliphatic carbocycles. The molecule has 0 atom stereocenters. The van der Waals surface area contributed by atoms with Gasteiger partial charge in [0.1, 0.15) is 0 Å². The average Bonchev–Trinajstić information content (AvgIpc) is 2.98. The van der Waals surface area contributed by atoms with Crippen LogP contribution in [0.4, 0.5) is 0 Å². The average molecular weight is 266 g/mol. The molecular formula is C12H22N6O. The van der Waals surface area contributed by atoms with Crippen LogP contribution in [0.15, 0.2) is 6.20 Å². The van der Waals surface area contributed by atoms with Gasteiger partial charge in [-0.3, -0.25) is 9.69 Å². The number of carbonyl (C=O) groups is 1. The lowest BCUT2D eigenvalue weighted by atomic mass is 10.2. The van der Waals surface area contributed by atoms with Crippen molar-refractivity contribution in [3.8, 4) is 0 Å². The van der Waals surface area contributed by atoms with E-state index in [1.165, 1.54) is 19.0 Å². The Morgan fingerprint density at radius 1 is 1.26 bits per heavy atom. The molecule has 19 heavy (non-hydrogen) atoms. The zero-order chi connectivity index (χ0) is 13.5. The summed E-state index contributed by atoms with van der Waals surface area (Å²) in [5.41, 5.74) is 5.87. The summed E-state index contributed by atoms with van der Waals surface area (Å²) in [5.74, 6) is -0.0310. The number of H-pyrrole nitrogens is 1. The lowest BCUT2D eigenvalue weighted by molar-refractivity contribution is 0.0629. The van der Waals surface area contributed by atoms with E-state index in [1.54, 1.807) is 0 Å². The van der Waals surface area contributed by atoms with Crippen LogP contribution in [0.1, 0.15) is 29.8 Å². The quantitative estimate of drug-likeness (QED) is 0.689. The summed E-state index contributed by atoms with van der Waals surface area (Å²) in [6.45, 7) is 5.29. The van der Waals surface area contributed by atoms with Crippen molar-refractivity contribution in [3.05, 3.63) is 11.9 Å². The summed E-state index contributed by atoms with van der Waals surface area (Å²) in [6, 6.07) is 0. The number of hydrogen-bond donors (Lipinski definition) is 2. The summed E-state index contributed by atoms with van der Waals surface area (Å²) in [4.78, 5) is 16.3. The summed E-state index contributed by atoms with van der Waals surface area (Å²) >= 11 is 0. The Balaban J connectivity index is 1.69. The van der Waals surface area contributed by atoms with Gasteiger partial charge in [0.15, 0.2) is 5.69 Å². The Morgan fingerprint density at radius 3 is 2.68 bits per heavy atom. The molecule has 0 unspecified atom stereocenters. The maximum absolute atomic E-state index is 12.0. The number of hydrogen-bond acceptors (Lipinski definition) is 5. The van der Waals surface area contributed by atoms with Crippen LogP contribution >= 0.6 is 0 Å². The fraction of sp³-hybridized carbons (Fsp3) is 0.750. The van der Waals surface area contributed by atoms with Gasteiger partial charge in [0.25, 0.3) is 5.91 Å². The number of unbranched alkanes of at least 4 members (excludes halogenated alkanes) is 2. The first-order chi connectivity index (χ1) is 9.31. The third-order valence-electron chi connectivity index (χ3n) is 3.47. The monoisotopic (exact) mass is 266 g/mol. The van der Waals surface area contributed by atoms with Crippen molar-refractivity contribution in [2.24, 2.45) is 5.73 Å². The number of aromatic nitrogens is 3. The minimum Gasteiger partial charge on any atom is -0.335 e. The molecule has 1 aromatic heterocycles. The summed E-state index contributed by atoms with van der Waals surface area (Å²) in [5, 5.41) is 9.96. The molecule has 0 aromatic carbocycles. The third kappa shape index (κ3) is 4.00. The largest absolute Gasteiger partial charge is 0.335 e. The fourth-order valence-corrected chi connectivity index (χ4v) is 2.30. The van der Waals surface area contributed by atoms with Crippen LogP contribution in [-0.2, 0) is 0 Å². The Bertz CT molecular complexity index is 372. The zero-order valence-corrected chi connectivity index (χ0v) is 11.2. The summed E-state index contributed by atoms with van der Waals surface area (Å²) < 4.78 is 0. The topological polar surface area (TPSA) is 91.1 Å². The van der Waals surface area contributed by atoms with Gasteiger partial charge in [0.05, 0.1) is 6.20 Å². The van der Waals surface area contributed by atoms with Gasteiger partial charge >= 0.3 is 0 Å². The van der Waals surface area contributed by atoms with Gasteiger partial charge in [0.2, 0.25) is 0 Å². The minimum absolute atomic E-state index is 0.0310. The van der Waals surface area contributed by atoms with Gasteiger partial charge < -0.3 is 10.6 Å². The molecule has 2 rings (SSSR count). The molecule has 0 radical (unpaired) electrons. The highest BCUT2D eigenvalue weighted by Crippen LogP contribution is 2.07. The normalized spacial score (nSPS) is 16.8. The maximum Gasteiger partial charge on any atom is 0.276 e. The van der Waals surface area contributed by atoms with E-state index >= 15 is 0 Å². The highest BCUT2D eigenvalue weighted by atomic mass is 16.2. The number of rotatable bonds is 6. The van der Waals surface area contributed by atoms with Gasteiger partial charge in [-0.1, -0.05) is 6.42 Å². The van der Waals surface area contributed by atoms with Gasteiger partial charge in [0, 0.05) is 26.2 Å². The molecule has 1 aliphatic rings. The van der Waals surface area contributed by atoms with Crippen molar-refractivity contribution < 1.29 is 4.79 Å². The Hall–Kier alpha value is -1.47. The highest BCUT2D eigenvalue weighted by molar-refractivity contribution is 5.91. The second-order valence-electron chi connectivity index (χ2n) is 4.84. The highest BCUT2D eigenvalue weighted by Gasteiger charge is 2.23. The van der Waals surface area contributed by atoms with Crippen molar-refractivity contribution >= 4 is 5.91 Å². The van der Waals surface area contributed by atoms with E-state index in [2.05, 4.69) is 20.3 Å². The van der Waals surface area contributed by atoms with Gasteiger partial charge in [-0.05, 0) is 25.9 Å². The predicted molar refractivity (Wildman–Crippen MR) is 71.6 cm³/mol. The van der Waals surface area contributed by atoms with E-state index in [0.717, 1.165) is 45.7 Å². The van der Waals surface area contributed by atoms with E-state index in [9.17, 15) is 4.79 Å². The SMILES string of the molecule is NCCCCCN1CCN(C(=O)c2cn[nH]n2)CC1. The molecule has 2 heterocycles. The molecule has 0 spiro atoms.